The number of rotatable bonds is 0. The second-order valence-corrected chi connectivity index (χ2v) is 10.7. The van der Waals surface area contributed by atoms with Crippen molar-refractivity contribution in [3.05, 3.63) is 43.8 Å². The first kappa shape index (κ1) is 28.2. The highest BCUT2D eigenvalue weighted by Crippen LogP contribution is 2.51. The molecular weight excluding hydrogens is 562 g/mol. The minimum atomic E-state index is -4.93. The number of nitrogens with zero attached hydrogens (tertiary/aromatic N) is 8. The van der Waals surface area contributed by atoms with Crippen LogP contribution in [0.4, 0.5) is 26.3 Å². The highest BCUT2D eigenvalue weighted by atomic mass is 19.4. The Hall–Kier alpha value is -5.34. The molecule has 0 spiro atoms. The second-order valence-electron chi connectivity index (χ2n) is 10.7. The van der Waals surface area contributed by atoms with Crippen LogP contribution in [0.15, 0.2) is 31.6 Å². The van der Waals surface area contributed by atoms with E-state index in [2.05, 4.69) is 20.4 Å². The van der Waals surface area contributed by atoms with E-state index >= 15 is 0 Å². The van der Waals surface area contributed by atoms with Gasteiger partial charge in [0.05, 0.1) is 11.1 Å². The van der Waals surface area contributed by atoms with Crippen molar-refractivity contribution in [2.24, 2.45) is 20.4 Å². The van der Waals surface area contributed by atoms with Crippen molar-refractivity contribution in [3.63, 3.8) is 0 Å². The lowest BCUT2D eigenvalue weighted by Gasteiger charge is -2.30. The number of hydrogen-bond acceptors (Lipinski definition) is 8. The summed E-state index contributed by atoms with van der Waals surface area (Å²) in [7, 11) is 0. The average Bonchev–Trinajstić information content (AvgIpc) is 3.63. The van der Waals surface area contributed by atoms with Gasteiger partial charge in [-0.3, -0.25) is 0 Å². The maximum atomic E-state index is 14.5. The Morgan fingerprint density at radius 1 is 0.548 bits per heavy atom. The molecule has 0 saturated carbocycles. The van der Waals surface area contributed by atoms with Gasteiger partial charge in [0, 0.05) is 22.0 Å². The minimum absolute atomic E-state index is 0.184. The molecule has 14 heteroatoms. The molecule has 5 rings (SSSR count). The lowest BCUT2D eigenvalue weighted by atomic mass is 9.73. The molecule has 1 aromatic carbocycles. The van der Waals surface area contributed by atoms with Crippen LogP contribution >= 0.6 is 0 Å². The van der Waals surface area contributed by atoms with Crippen molar-refractivity contribution in [1.29, 1.82) is 21.0 Å². The van der Waals surface area contributed by atoms with Crippen LogP contribution in [0.25, 0.3) is 23.3 Å². The quantitative estimate of drug-likeness (QED) is 0.427. The van der Waals surface area contributed by atoms with Crippen LogP contribution in [0.2, 0.25) is 0 Å². The molecule has 0 N–H and O–H groups in total. The summed E-state index contributed by atoms with van der Waals surface area (Å²) in [6.07, 6.45) is -8.34. The van der Waals surface area contributed by atoms with Crippen molar-refractivity contribution < 1.29 is 26.3 Å². The van der Waals surface area contributed by atoms with E-state index in [1.165, 1.54) is 27.7 Å². The van der Waals surface area contributed by atoms with Gasteiger partial charge in [0.15, 0.2) is 22.8 Å². The number of alkyl halides is 6. The van der Waals surface area contributed by atoms with Crippen molar-refractivity contribution in [2.75, 3.05) is 0 Å². The van der Waals surface area contributed by atoms with Gasteiger partial charge in [0.1, 0.15) is 24.3 Å². The molecule has 0 unspecified atom stereocenters. The maximum Gasteiger partial charge on any atom is 0.413 e. The van der Waals surface area contributed by atoms with Crippen LogP contribution in [-0.2, 0) is 10.8 Å². The molecular formula is C28H14F6N8. The number of hydrogen-bond donors (Lipinski definition) is 0. The summed E-state index contributed by atoms with van der Waals surface area (Å²) < 4.78 is 87.2. The molecule has 0 atom stereocenters. The largest absolute Gasteiger partial charge is 0.413 e. The predicted octanol–water partition coefficient (Wildman–Crippen LogP) is 4.18. The lowest BCUT2D eigenvalue weighted by molar-refractivity contribution is -0.0991. The normalized spacial score (nSPS) is 19.8. The zero-order chi connectivity index (χ0) is 31.2. The van der Waals surface area contributed by atoms with Crippen LogP contribution in [0, 0.1) is 45.3 Å². The fourth-order valence-corrected chi connectivity index (χ4v) is 6.10. The van der Waals surface area contributed by atoms with Crippen molar-refractivity contribution >= 4 is 46.1 Å². The molecule has 2 aliphatic heterocycles. The zero-order valence-corrected chi connectivity index (χ0v) is 22.0. The Morgan fingerprint density at radius 3 is 1.02 bits per heavy atom. The number of nitriles is 4. The van der Waals surface area contributed by atoms with Gasteiger partial charge in [0.25, 0.3) is 0 Å². The molecule has 8 nitrogen and oxygen atoms in total. The minimum Gasteiger partial charge on any atom is -0.191 e. The van der Waals surface area contributed by atoms with Gasteiger partial charge in [0.2, 0.25) is 0 Å². The third-order valence-corrected chi connectivity index (χ3v) is 7.73. The first-order valence-corrected chi connectivity index (χ1v) is 12.0. The van der Waals surface area contributed by atoms with Crippen molar-refractivity contribution in [1.82, 2.24) is 0 Å². The molecule has 0 aromatic heterocycles. The standard InChI is InChI=1S/C28H14F6N8/c1-25(2)17(27(29,30)31)5-11-20(22-15(9-37)41-42-16(22)10-38)24-12(6-18(26(24,3)4)28(32,33)34)19(23(11)25)21-13(7-35)39-40-14(21)8-36/h5-6H,1-4H3. The van der Waals surface area contributed by atoms with Gasteiger partial charge < -0.3 is 0 Å². The lowest BCUT2D eigenvalue weighted by Crippen LogP contribution is -2.41. The van der Waals surface area contributed by atoms with E-state index in [4.69, 9.17) is 0 Å². The third kappa shape index (κ3) is 3.59. The Kier molecular flexibility index (Phi) is 5.76. The fraction of sp³-hybridized carbons (Fsp3) is 0.286. The van der Waals surface area contributed by atoms with Gasteiger partial charge in [-0.15, -0.1) is 20.4 Å². The Morgan fingerprint density at radius 2 is 0.810 bits per heavy atom. The van der Waals surface area contributed by atoms with E-state index in [0.29, 0.717) is 0 Å². The summed E-state index contributed by atoms with van der Waals surface area (Å²) in [6, 6.07) is 6.91. The van der Waals surface area contributed by atoms with Crippen molar-refractivity contribution in [3.8, 4) is 24.3 Å². The maximum absolute atomic E-state index is 14.5. The van der Waals surface area contributed by atoms with Gasteiger partial charge >= 0.3 is 12.4 Å². The molecule has 2 heterocycles. The topological polar surface area (TPSA) is 145 Å². The summed E-state index contributed by atoms with van der Waals surface area (Å²) in [6.45, 7) is 4.80. The number of allylic oxidation sites excluding steroid dienone is 2. The SMILES string of the molecule is CC1(C)C(C(F)(F)F)=Cc2c1c(=C1C(C#N)=NN=C1C#N)c1c(c2=C2C(C#N)=NN=C2C#N)C(C)(C)C(C(F)(F)F)=C1. The summed E-state index contributed by atoms with van der Waals surface area (Å²) in [4.78, 5) is 0. The molecule has 0 saturated heterocycles. The molecule has 0 radical (unpaired) electrons. The first-order chi connectivity index (χ1) is 19.5. The average molecular weight is 576 g/mol. The van der Waals surface area contributed by atoms with Crippen LogP contribution in [-0.4, -0.2) is 35.2 Å². The zero-order valence-electron chi connectivity index (χ0n) is 22.0. The number of fused-ring (bicyclic) bond motifs is 2. The molecule has 42 heavy (non-hydrogen) atoms. The van der Waals surface area contributed by atoms with Gasteiger partial charge in [-0.05, 0) is 44.8 Å². The number of halogens is 6. The van der Waals surface area contributed by atoms with E-state index in [1.54, 1.807) is 24.3 Å². The van der Waals surface area contributed by atoms with Crippen molar-refractivity contribution in [2.45, 2.75) is 50.9 Å². The molecule has 208 valence electrons. The highest BCUT2D eigenvalue weighted by molar-refractivity contribution is 6.55. The van der Waals surface area contributed by atoms with Gasteiger partial charge in [-0.1, -0.05) is 27.7 Å². The Labute approximate surface area is 233 Å². The Balaban J connectivity index is 2.24. The fourth-order valence-electron chi connectivity index (χ4n) is 6.10. The van der Waals surface area contributed by atoms with E-state index in [-0.39, 0.29) is 43.8 Å². The van der Waals surface area contributed by atoms with E-state index in [0.717, 1.165) is 12.2 Å². The summed E-state index contributed by atoms with van der Waals surface area (Å²) in [5.41, 5.74) is -9.48. The van der Waals surface area contributed by atoms with Crippen LogP contribution in [0.3, 0.4) is 0 Å². The monoisotopic (exact) mass is 576 g/mol. The predicted molar refractivity (Wildman–Crippen MR) is 139 cm³/mol. The smallest absolute Gasteiger partial charge is 0.191 e. The number of benzene rings is 1. The Bertz CT molecular complexity index is 1820. The van der Waals surface area contributed by atoms with E-state index < -0.39 is 57.2 Å². The molecule has 0 amide bonds. The summed E-state index contributed by atoms with van der Waals surface area (Å²) >= 11 is 0. The summed E-state index contributed by atoms with van der Waals surface area (Å²) in [5, 5.41) is 53.3. The van der Waals surface area contributed by atoms with E-state index in [9.17, 15) is 47.4 Å². The second kappa shape index (κ2) is 8.58. The third-order valence-electron chi connectivity index (χ3n) is 7.73. The first-order valence-electron chi connectivity index (χ1n) is 12.0. The van der Waals surface area contributed by atoms with E-state index in [1.807, 2.05) is 0 Å². The highest BCUT2D eigenvalue weighted by Gasteiger charge is 2.54. The molecule has 2 aliphatic carbocycles. The summed E-state index contributed by atoms with van der Waals surface area (Å²) in [5.74, 6) is 0. The van der Waals surface area contributed by atoms with Crippen LogP contribution in [0.1, 0.15) is 49.9 Å². The molecule has 4 aliphatic rings. The van der Waals surface area contributed by atoms with Gasteiger partial charge in [-0.2, -0.15) is 47.4 Å². The molecule has 0 bridgehead atoms. The molecule has 0 fully saturated rings. The van der Waals surface area contributed by atoms with Crippen LogP contribution < -0.4 is 10.4 Å². The molecule has 1 aromatic rings. The van der Waals surface area contributed by atoms with Crippen LogP contribution in [0.5, 0.6) is 0 Å². The van der Waals surface area contributed by atoms with Gasteiger partial charge in [-0.25, -0.2) is 0 Å².